The molecule has 4 nitrogen and oxygen atoms in total. The topological polar surface area (TPSA) is 49.4 Å². The molecule has 0 aliphatic carbocycles. The van der Waals surface area contributed by atoms with Gasteiger partial charge in [-0.15, -0.1) is 0 Å². The number of piperazine rings is 1. The van der Waals surface area contributed by atoms with Crippen molar-refractivity contribution in [1.29, 1.82) is 0 Å². The normalized spacial score (nSPS) is 18.4. The maximum atomic E-state index is 11.8. The highest BCUT2D eigenvalue weighted by atomic mass is 19.4. The molecule has 0 bridgehead atoms. The number of carbonyl (C=O) groups excluding carboxylic acids is 2. The van der Waals surface area contributed by atoms with E-state index in [0.717, 1.165) is 0 Å². The molecule has 0 atom stereocenters. The summed E-state index contributed by atoms with van der Waals surface area (Å²) in [5.74, 6) is -2.52. The van der Waals surface area contributed by atoms with Gasteiger partial charge in [0, 0.05) is 13.1 Å². The molecule has 74 valence electrons. The maximum absolute atomic E-state index is 11.8. The van der Waals surface area contributed by atoms with E-state index < -0.39 is 24.5 Å². The van der Waals surface area contributed by atoms with E-state index in [9.17, 15) is 22.8 Å². The Kier molecular flexibility index (Phi) is 2.44. The van der Waals surface area contributed by atoms with E-state index in [2.05, 4.69) is 5.32 Å². The molecule has 7 heteroatoms. The Morgan fingerprint density at radius 3 is 2.54 bits per heavy atom. The lowest BCUT2D eigenvalue weighted by molar-refractivity contribution is -0.186. The number of nitrogens with zero attached hydrogens (tertiary/aromatic N) is 1. The summed E-state index contributed by atoms with van der Waals surface area (Å²) in [4.78, 5) is 21.7. The smallest absolute Gasteiger partial charge is 0.353 e. The largest absolute Gasteiger partial charge is 0.471 e. The van der Waals surface area contributed by atoms with Crippen LogP contribution in [0.2, 0.25) is 0 Å². The summed E-state index contributed by atoms with van der Waals surface area (Å²) in [5, 5.41) is 2.32. The zero-order valence-electron chi connectivity index (χ0n) is 6.52. The number of carbonyl (C=O) groups is 2. The Balaban J connectivity index is 2.62. The number of hydrogen-bond donors (Lipinski definition) is 1. The average molecular weight is 196 g/mol. The summed E-state index contributed by atoms with van der Waals surface area (Å²) in [6.07, 6.45) is -4.89. The van der Waals surface area contributed by atoms with Crippen molar-refractivity contribution in [2.75, 3.05) is 19.6 Å². The van der Waals surface area contributed by atoms with Crippen molar-refractivity contribution in [2.24, 2.45) is 0 Å². The van der Waals surface area contributed by atoms with Gasteiger partial charge in [0.15, 0.2) is 0 Å². The van der Waals surface area contributed by atoms with E-state index in [4.69, 9.17) is 0 Å². The van der Waals surface area contributed by atoms with Gasteiger partial charge < -0.3 is 10.2 Å². The van der Waals surface area contributed by atoms with Gasteiger partial charge in [-0.05, 0) is 0 Å². The molecule has 13 heavy (non-hydrogen) atoms. The highest BCUT2D eigenvalue weighted by Crippen LogP contribution is 2.18. The van der Waals surface area contributed by atoms with Crippen LogP contribution in [-0.4, -0.2) is 42.5 Å². The van der Waals surface area contributed by atoms with Gasteiger partial charge in [0.2, 0.25) is 5.91 Å². The van der Waals surface area contributed by atoms with E-state index >= 15 is 0 Å². The predicted molar refractivity (Wildman–Crippen MR) is 35.6 cm³/mol. The second-order valence-electron chi connectivity index (χ2n) is 2.57. The maximum Gasteiger partial charge on any atom is 0.471 e. The molecule has 1 N–H and O–H groups in total. The molecular weight excluding hydrogens is 189 g/mol. The van der Waals surface area contributed by atoms with Crippen molar-refractivity contribution < 1.29 is 22.8 Å². The van der Waals surface area contributed by atoms with Gasteiger partial charge in [-0.2, -0.15) is 13.2 Å². The van der Waals surface area contributed by atoms with Crippen LogP contribution in [-0.2, 0) is 9.59 Å². The predicted octanol–water partition coefficient (Wildman–Crippen LogP) is -0.493. The van der Waals surface area contributed by atoms with Gasteiger partial charge in [-0.1, -0.05) is 0 Å². The highest BCUT2D eigenvalue weighted by molar-refractivity contribution is 5.88. The van der Waals surface area contributed by atoms with Gasteiger partial charge >= 0.3 is 12.1 Å². The first-order valence-electron chi connectivity index (χ1n) is 3.54. The van der Waals surface area contributed by atoms with Crippen molar-refractivity contribution in [3.63, 3.8) is 0 Å². The molecule has 0 spiro atoms. The molecule has 0 saturated carbocycles. The third kappa shape index (κ3) is 2.33. The fourth-order valence-electron chi connectivity index (χ4n) is 0.991. The van der Waals surface area contributed by atoms with E-state index in [1.54, 1.807) is 0 Å². The molecule has 0 aromatic carbocycles. The van der Waals surface area contributed by atoms with Crippen LogP contribution in [0.15, 0.2) is 0 Å². The van der Waals surface area contributed by atoms with Crippen LogP contribution in [0.5, 0.6) is 0 Å². The van der Waals surface area contributed by atoms with Crippen LogP contribution in [0.25, 0.3) is 0 Å². The average Bonchev–Trinajstić information content (AvgIpc) is 2.01. The molecule has 1 aliphatic rings. The van der Waals surface area contributed by atoms with E-state index in [1.807, 2.05) is 0 Å². The van der Waals surface area contributed by atoms with Crippen LogP contribution in [0, 0.1) is 0 Å². The lowest BCUT2D eigenvalue weighted by Gasteiger charge is -2.27. The fourth-order valence-corrected chi connectivity index (χ4v) is 0.991. The Bertz CT molecular complexity index is 239. The lowest BCUT2D eigenvalue weighted by atomic mass is 10.3. The van der Waals surface area contributed by atoms with Crippen molar-refractivity contribution in [1.82, 2.24) is 10.2 Å². The Morgan fingerprint density at radius 1 is 1.46 bits per heavy atom. The Morgan fingerprint density at radius 2 is 2.08 bits per heavy atom. The molecule has 0 unspecified atom stereocenters. The summed E-state index contributed by atoms with van der Waals surface area (Å²) < 4.78 is 35.5. The van der Waals surface area contributed by atoms with E-state index in [1.165, 1.54) is 0 Å². The summed E-state index contributed by atoms with van der Waals surface area (Å²) in [7, 11) is 0. The van der Waals surface area contributed by atoms with Crippen LogP contribution in [0.3, 0.4) is 0 Å². The number of rotatable bonds is 0. The number of nitrogens with one attached hydrogen (secondary N) is 1. The molecule has 1 fully saturated rings. The highest BCUT2D eigenvalue weighted by Gasteiger charge is 2.43. The summed E-state index contributed by atoms with van der Waals surface area (Å²) in [6, 6.07) is 0. The molecule has 0 aromatic heterocycles. The monoisotopic (exact) mass is 196 g/mol. The first-order chi connectivity index (χ1) is 5.91. The second kappa shape index (κ2) is 3.23. The fraction of sp³-hybridized carbons (Fsp3) is 0.667. The minimum atomic E-state index is -4.89. The minimum absolute atomic E-state index is 0.0701. The molecule has 0 aromatic rings. The van der Waals surface area contributed by atoms with Gasteiger partial charge in [-0.25, -0.2) is 0 Å². The van der Waals surface area contributed by atoms with E-state index in [0.29, 0.717) is 4.90 Å². The number of hydrogen-bond acceptors (Lipinski definition) is 2. The Labute approximate surface area is 71.7 Å². The zero-order valence-corrected chi connectivity index (χ0v) is 6.52. The number of amides is 2. The third-order valence-corrected chi connectivity index (χ3v) is 1.57. The lowest BCUT2D eigenvalue weighted by Crippen LogP contribution is -2.53. The van der Waals surface area contributed by atoms with Gasteiger partial charge in [-0.3, -0.25) is 9.59 Å². The van der Waals surface area contributed by atoms with Gasteiger partial charge in [0.25, 0.3) is 0 Å². The number of halogens is 3. The zero-order chi connectivity index (χ0) is 10.1. The molecule has 1 saturated heterocycles. The van der Waals surface area contributed by atoms with E-state index in [-0.39, 0.29) is 13.1 Å². The summed E-state index contributed by atoms with van der Waals surface area (Å²) in [5.41, 5.74) is 0. The number of alkyl halides is 3. The first kappa shape index (κ1) is 9.82. The molecule has 1 heterocycles. The summed E-state index contributed by atoms with van der Waals surface area (Å²) >= 11 is 0. The van der Waals surface area contributed by atoms with Gasteiger partial charge in [0.05, 0.1) is 6.54 Å². The molecule has 1 aliphatic heterocycles. The van der Waals surface area contributed by atoms with Crippen molar-refractivity contribution in [3.05, 3.63) is 0 Å². The van der Waals surface area contributed by atoms with Gasteiger partial charge in [0.1, 0.15) is 0 Å². The molecule has 1 rings (SSSR count). The first-order valence-corrected chi connectivity index (χ1v) is 3.54. The molecule has 2 amide bonds. The summed E-state index contributed by atoms with van der Waals surface area (Å²) in [6.45, 7) is -0.539. The van der Waals surface area contributed by atoms with Crippen LogP contribution >= 0.6 is 0 Å². The second-order valence-corrected chi connectivity index (χ2v) is 2.57. The molecule has 0 radical (unpaired) electrons. The molecular formula is C6H7F3N2O2. The van der Waals surface area contributed by atoms with Crippen LogP contribution in [0.1, 0.15) is 0 Å². The van der Waals surface area contributed by atoms with Crippen molar-refractivity contribution in [3.8, 4) is 0 Å². The Hall–Kier alpha value is -1.27. The third-order valence-electron chi connectivity index (χ3n) is 1.57. The SMILES string of the molecule is O=C1CN(C(=O)C(F)(F)F)CCN1. The van der Waals surface area contributed by atoms with Crippen LogP contribution in [0.4, 0.5) is 13.2 Å². The minimum Gasteiger partial charge on any atom is -0.353 e. The quantitative estimate of drug-likeness (QED) is 0.568. The standard InChI is InChI=1S/C6H7F3N2O2/c7-6(8,9)5(13)11-2-1-10-4(12)3-11/h1-3H2,(H,10,12). The van der Waals surface area contributed by atoms with Crippen molar-refractivity contribution in [2.45, 2.75) is 6.18 Å². The van der Waals surface area contributed by atoms with Crippen molar-refractivity contribution >= 4 is 11.8 Å². The van der Waals surface area contributed by atoms with Crippen LogP contribution < -0.4 is 5.32 Å².